The second-order valence-corrected chi connectivity index (χ2v) is 12.2. The van der Waals surface area contributed by atoms with E-state index in [1.54, 1.807) is 12.4 Å². The Morgan fingerprint density at radius 1 is 1.17 bits per heavy atom. The molecule has 0 unspecified atom stereocenters. The van der Waals surface area contributed by atoms with E-state index in [1.165, 1.54) is 0 Å². The number of piperidine rings is 1. The lowest BCUT2D eigenvalue weighted by Gasteiger charge is -2.44. The lowest BCUT2D eigenvalue weighted by Crippen LogP contribution is -2.50. The minimum atomic E-state index is -1.35. The summed E-state index contributed by atoms with van der Waals surface area (Å²) in [7, 11) is 1.98. The molecule has 2 amide bonds. The second-order valence-electron chi connectivity index (χ2n) is 11.8. The molecule has 0 spiro atoms. The Morgan fingerprint density at radius 2 is 1.95 bits per heavy atom. The van der Waals surface area contributed by atoms with Crippen LogP contribution in [0.1, 0.15) is 69.4 Å². The van der Waals surface area contributed by atoms with E-state index in [1.807, 2.05) is 24.1 Å². The van der Waals surface area contributed by atoms with Crippen LogP contribution in [0.15, 0.2) is 36.7 Å². The van der Waals surface area contributed by atoms with Crippen molar-refractivity contribution in [3.8, 4) is 11.1 Å². The van der Waals surface area contributed by atoms with Crippen LogP contribution < -0.4 is 10.6 Å². The zero-order valence-electron chi connectivity index (χ0n) is 24.4. The van der Waals surface area contributed by atoms with Gasteiger partial charge in [-0.3, -0.25) is 9.78 Å². The van der Waals surface area contributed by atoms with Gasteiger partial charge in [0.2, 0.25) is 5.91 Å². The van der Waals surface area contributed by atoms with Gasteiger partial charge in [-0.25, -0.2) is 4.79 Å². The molecule has 0 bridgehead atoms. The highest BCUT2D eigenvalue weighted by molar-refractivity contribution is 6.33. The van der Waals surface area contributed by atoms with Crippen molar-refractivity contribution in [3.05, 3.63) is 52.8 Å². The minimum Gasteiger partial charge on any atom is -0.465 e. The van der Waals surface area contributed by atoms with Crippen LogP contribution in [0.25, 0.3) is 11.1 Å². The standard InChI is InChI=1S/C32H45ClN4O4/c1-3-22-7-4-8-25(17-22)29-27(19-35-20-28(29)33)32(41,14-6-15-36-31(39)40)26-9-5-16-37(21-26)30(38)24-12-10-23(11-13-24)18-34-2/h4,7-8,17,19-20,23-24,26,34,36,41H,3,5-6,9-16,18,21H2,1-2H3,(H,39,40)/t23?,24?,26-,32+/m1/s1. The number of nitrogens with zero attached hydrogens (tertiary/aromatic N) is 2. The maximum Gasteiger partial charge on any atom is 0.404 e. The monoisotopic (exact) mass is 584 g/mol. The van der Waals surface area contributed by atoms with Crippen molar-refractivity contribution in [2.75, 3.05) is 33.2 Å². The topological polar surface area (TPSA) is 115 Å². The Kier molecular flexibility index (Phi) is 11.0. The second kappa shape index (κ2) is 14.5. The first-order valence-corrected chi connectivity index (χ1v) is 15.5. The molecule has 224 valence electrons. The Bertz CT molecular complexity index is 1190. The van der Waals surface area contributed by atoms with Gasteiger partial charge in [0.15, 0.2) is 0 Å². The van der Waals surface area contributed by atoms with Gasteiger partial charge in [-0.1, -0.05) is 42.8 Å². The minimum absolute atomic E-state index is 0.0369. The summed E-state index contributed by atoms with van der Waals surface area (Å²) in [5, 5.41) is 27.9. The van der Waals surface area contributed by atoms with Crippen molar-refractivity contribution >= 4 is 23.6 Å². The average Bonchev–Trinajstić information content (AvgIpc) is 2.99. The van der Waals surface area contributed by atoms with Gasteiger partial charge in [0, 0.05) is 55.0 Å². The van der Waals surface area contributed by atoms with E-state index in [9.17, 15) is 14.7 Å². The number of hydrogen-bond donors (Lipinski definition) is 4. The summed E-state index contributed by atoms with van der Waals surface area (Å²) >= 11 is 6.79. The number of rotatable bonds is 11. The number of aryl methyl sites for hydroxylation is 1. The molecular formula is C32H45ClN4O4. The first-order valence-electron chi connectivity index (χ1n) is 15.1. The third kappa shape index (κ3) is 7.59. The number of carboxylic acid groups (broad SMARTS) is 1. The van der Waals surface area contributed by atoms with E-state index in [-0.39, 0.29) is 24.3 Å². The Labute approximate surface area is 248 Å². The number of hydrogen-bond acceptors (Lipinski definition) is 5. The van der Waals surface area contributed by atoms with Crippen molar-refractivity contribution in [2.24, 2.45) is 17.8 Å². The van der Waals surface area contributed by atoms with E-state index in [2.05, 4.69) is 34.7 Å². The van der Waals surface area contributed by atoms with Gasteiger partial charge in [0.05, 0.1) is 10.6 Å². The third-order valence-corrected chi connectivity index (χ3v) is 9.38. The van der Waals surface area contributed by atoms with Gasteiger partial charge >= 0.3 is 6.09 Å². The number of aromatic nitrogens is 1. The molecule has 2 aromatic rings. The predicted molar refractivity (Wildman–Crippen MR) is 162 cm³/mol. The van der Waals surface area contributed by atoms with E-state index in [0.717, 1.165) is 68.2 Å². The van der Waals surface area contributed by atoms with Crippen LogP contribution in [0.2, 0.25) is 5.02 Å². The molecule has 0 radical (unpaired) electrons. The molecule has 41 heavy (non-hydrogen) atoms. The Morgan fingerprint density at radius 3 is 2.66 bits per heavy atom. The zero-order valence-corrected chi connectivity index (χ0v) is 25.1. The first-order chi connectivity index (χ1) is 19.8. The SMILES string of the molecule is CCc1cccc(-c2c(Cl)cncc2[C@](O)(CCCNC(=O)O)[C@@H]2CCCN(C(=O)C3CCC(CNC)CC3)C2)c1. The fourth-order valence-electron chi connectivity index (χ4n) is 6.84. The number of carbonyl (C=O) groups excluding carboxylic acids is 1. The number of halogens is 1. The van der Waals surface area contributed by atoms with Gasteiger partial charge in [0.1, 0.15) is 0 Å². The number of likely N-dealkylation sites (tertiary alicyclic amines) is 1. The third-order valence-electron chi connectivity index (χ3n) is 9.10. The Hall–Kier alpha value is -2.68. The van der Waals surface area contributed by atoms with Crippen LogP contribution in [0.3, 0.4) is 0 Å². The van der Waals surface area contributed by atoms with E-state index < -0.39 is 11.7 Å². The summed E-state index contributed by atoms with van der Waals surface area (Å²) < 4.78 is 0. The number of nitrogens with one attached hydrogen (secondary N) is 2. The molecule has 1 aliphatic carbocycles. The van der Waals surface area contributed by atoms with E-state index in [0.29, 0.717) is 42.4 Å². The largest absolute Gasteiger partial charge is 0.465 e. The fourth-order valence-corrected chi connectivity index (χ4v) is 7.11. The maximum atomic E-state index is 13.7. The number of carbonyl (C=O) groups is 2. The van der Waals surface area contributed by atoms with Gasteiger partial charge < -0.3 is 25.7 Å². The van der Waals surface area contributed by atoms with Crippen LogP contribution >= 0.6 is 11.6 Å². The molecule has 1 saturated heterocycles. The van der Waals surface area contributed by atoms with E-state index >= 15 is 0 Å². The summed E-state index contributed by atoms with van der Waals surface area (Å²) in [4.78, 5) is 31.2. The first kappa shape index (κ1) is 31.3. The summed E-state index contributed by atoms with van der Waals surface area (Å²) in [6.45, 7) is 4.46. The lowest BCUT2D eigenvalue weighted by atomic mass is 9.72. The normalized spacial score (nSPS) is 22.6. The smallest absolute Gasteiger partial charge is 0.404 e. The molecular weight excluding hydrogens is 540 g/mol. The molecule has 4 rings (SSSR count). The quantitative estimate of drug-likeness (QED) is 0.261. The molecule has 2 atom stereocenters. The highest BCUT2D eigenvalue weighted by atomic mass is 35.5. The molecule has 9 heteroatoms. The molecule has 2 heterocycles. The summed E-state index contributed by atoms with van der Waals surface area (Å²) in [5.74, 6) is 0.629. The predicted octanol–water partition coefficient (Wildman–Crippen LogP) is 5.46. The zero-order chi connectivity index (χ0) is 29.4. The van der Waals surface area contributed by atoms with Crippen LogP contribution in [0.4, 0.5) is 4.79 Å². The number of pyridine rings is 1. The highest BCUT2D eigenvalue weighted by Crippen LogP contribution is 2.45. The summed E-state index contributed by atoms with van der Waals surface area (Å²) in [6.07, 6.45) is 9.33. The number of benzene rings is 1. The Balaban J connectivity index is 1.63. The number of aliphatic hydroxyl groups is 1. The van der Waals surface area contributed by atoms with Gasteiger partial charge in [-0.2, -0.15) is 0 Å². The fraction of sp³-hybridized carbons (Fsp3) is 0.594. The molecule has 1 saturated carbocycles. The molecule has 2 fully saturated rings. The van der Waals surface area contributed by atoms with E-state index in [4.69, 9.17) is 16.7 Å². The molecule has 1 aromatic heterocycles. The van der Waals surface area contributed by atoms with Crippen molar-refractivity contribution in [1.29, 1.82) is 0 Å². The molecule has 1 aliphatic heterocycles. The highest BCUT2D eigenvalue weighted by Gasteiger charge is 2.44. The molecule has 1 aromatic carbocycles. The molecule has 4 N–H and O–H groups in total. The maximum absolute atomic E-state index is 13.7. The van der Waals surface area contributed by atoms with Crippen LogP contribution in [-0.2, 0) is 16.8 Å². The number of amides is 2. The average molecular weight is 585 g/mol. The van der Waals surface area contributed by atoms with Crippen molar-refractivity contribution in [3.63, 3.8) is 0 Å². The van der Waals surface area contributed by atoms with Crippen LogP contribution in [-0.4, -0.2) is 65.3 Å². The van der Waals surface area contributed by atoms with Crippen LogP contribution in [0.5, 0.6) is 0 Å². The summed E-state index contributed by atoms with van der Waals surface area (Å²) in [5.41, 5.74) is 2.11. The van der Waals surface area contributed by atoms with Crippen molar-refractivity contribution in [2.45, 2.75) is 70.3 Å². The molecule has 2 aliphatic rings. The molecule has 8 nitrogen and oxygen atoms in total. The van der Waals surface area contributed by atoms with Crippen LogP contribution in [0, 0.1) is 17.8 Å². The lowest BCUT2D eigenvalue weighted by molar-refractivity contribution is -0.142. The summed E-state index contributed by atoms with van der Waals surface area (Å²) in [6, 6.07) is 8.16. The van der Waals surface area contributed by atoms with Gasteiger partial charge in [-0.05, 0) is 88.4 Å². The van der Waals surface area contributed by atoms with Gasteiger partial charge in [0.25, 0.3) is 0 Å². The van der Waals surface area contributed by atoms with Crippen molar-refractivity contribution < 1.29 is 19.8 Å². The van der Waals surface area contributed by atoms with Crippen molar-refractivity contribution in [1.82, 2.24) is 20.5 Å². The van der Waals surface area contributed by atoms with Gasteiger partial charge in [-0.15, -0.1) is 0 Å².